The van der Waals surface area contributed by atoms with E-state index in [9.17, 15) is 14.7 Å². The number of nitrogens with one attached hydrogen (secondary N) is 1. The predicted molar refractivity (Wildman–Crippen MR) is 71.2 cm³/mol. The molecule has 3 N–H and O–H groups in total. The van der Waals surface area contributed by atoms with Crippen molar-refractivity contribution in [2.45, 2.75) is 18.8 Å². The van der Waals surface area contributed by atoms with Crippen molar-refractivity contribution in [1.29, 1.82) is 0 Å². The third-order valence-electron chi connectivity index (χ3n) is 2.47. The van der Waals surface area contributed by atoms with Crippen molar-refractivity contribution < 1.29 is 24.5 Å². The number of hydrogen-bond donors (Lipinski definition) is 3. The first-order valence-electron chi connectivity index (χ1n) is 5.93. The number of amides is 1. The number of carboxylic acids is 1. The monoisotopic (exact) mass is 294 g/mol. The van der Waals surface area contributed by atoms with Gasteiger partial charge in [-0.15, -0.1) is 0 Å². The molecule has 0 aliphatic heterocycles. The smallest absolute Gasteiger partial charge is 0.408 e. The van der Waals surface area contributed by atoms with Gasteiger partial charge in [0.05, 0.1) is 12.6 Å². The van der Waals surface area contributed by atoms with Gasteiger partial charge in [-0.25, -0.2) is 9.59 Å². The highest BCUT2D eigenvalue weighted by Crippen LogP contribution is 2.02. The molecule has 0 saturated heterocycles. The number of benzene rings is 1. The van der Waals surface area contributed by atoms with Crippen molar-refractivity contribution in [3.8, 4) is 0 Å². The molecule has 0 fully saturated rings. The lowest BCUT2D eigenvalue weighted by atomic mass is 10.1. The summed E-state index contributed by atoms with van der Waals surface area (Å²) in [6.07, 6.45) is -2.55. The van der Waals surface area contributed by atoms with Crippen LogP contribution in [0.15, 0.2) is 35.4 Å². The van der Waals surface area contributed by atoms with Crippen LogP contribution in [0.4, 0.5) is 4.79 Å². The van der Waals surface area contributed by atoms with Crippen molar-refractivity contribution >= 4 is 12.1 Å². The van der Waals surface area contributed by atoms with E-state index < -0.39 is 30.8 Å². The number of azide groups is 1. The molecule has 2 atom stereocenters. The minimum atomic E-state index is -1.63. The van der Waals surface area contributed by atoms with Gasteiger partial charge in [-0.05, 0) is 11.1 Å². The second-order valence-electron chi connectivity index (χ2n) is 4.00. The van der Waals surface area contributed by atoms with Gasteiger partial charge < -0.3 is 20.3 Å². The zero-order valence-electron chi connectivity index (χ0n) is 10.9. The van der Waals surface area contributed by atoms with Crippen molar-refractivity contribution in [3.63, 3.8) is 0 Å². The fourth-order valence-electron chi connectivity index (χ4n) is 1.44. The number of aliphatic hydroxyl groups excluding tert-OH is 1. The molecule has 0 spiro atoms. The molecule has 1 amide bonds. The van der Waals surface area contributed by atoms with Crippen LogP contribution in [0.3, 0.4) is 0 Å². The average molecular weight is 294 g/mol. The molecular formula is C12H14N4O5. The van der Waals surface area contributed by atoms with Crippen LogP contribution in [-0.4, -0.2) is 41.0 Å². The largest absolute Gasteiger partial charge is 0.480 e. The third-order valence-corrected chi connectivity index (χ3v) is 2.47. The maximum atomic E-state index is 11.5. The minimum Gasteiger partial charge on any atom is -0.480 e. The number of carbonyl (C=O) groups is 2. The van der Waals surface area contributed by atoms with E-state index in [-0.39, 0.29) is 6.61 Å². The zero-order chi connectivity index (χ0) is 15.7. The normalized spacial score (nSPS) is 12.6. The van der Waals surface area contributed by atoms with E-state index in [0.29, 0.717) is 0 Å². The van der Waals surface area contributed by atoms with Crippen molar-refractivity contribution in [2.24, 2.45) is 5.11 Å². The van der Waals surface area contributed by atoms with Gasteiger partial charge in [-0.3, -0.25) is 0 Å². The molecular weight excluding hydrogens is 280 g/mol. The Morgan fingerprint density at radius 1 is 1.38 bits per heavy atom. The summed E-state index contributed by atoms with van der Waals surface area (Å²) in [5.41, 5.74) is 8.85. The molecule has 9 heteroatoms. The highest BCUT2D eigenvalue weighted by atomic mass is 16.5. The minimum absolute atomic E-state index is 0.0363. The van der Waals surface area contributed by atoms with Gasteiger partial charge in [-0.1, -0.05) is 35.4 Å². The molecule has 0 saturated carbocycles. The Kier molecular flexibility index (Phi) is 6.52. The Hall–Kier alpha value is -2.77. The van der Waals surface area contributed by atoms with E-state index in [0.717, 1.165) is 5.56 Å². The van der Waals surface area contributed by atoms with Crippen LogP contribution in [-0.2, 0) is 16.1 Å². The summed E-state index contributed by atoms with van der Waals surface area (Å²) in [6.45, 7) is -0.516. The van der Waals surface area contributed by atoms with Gasteiger partial charge >= 0.3 is 12.1 Å². The van der Waals surface area contributed by atoms with E-state index in [4.69, 9.17) is 15.4 Å². The van der Waals surface area contributed by atoms with E-state index in [1.54, 1.807) is 30.3 Å². The Balaban J connectivity index is 2.52. The summed E-state index contributed by atoms with van der Waals surface area (Å²) >= 11 is 0. The summed E-state index contributed by atoms with van der Waals surface area (Å²) in [5, 5.41) is 23.5. The SMILES string of the molecule is [N-]=[N+]=NC[C@H](O)[C@@H](NC(=O)OCc1ccccc1)C(=O)O. The molecule has 112 valence electrons. The molecule has 1 rings (SSSR count). The maximum Gasteiger partial charge on any atom is 0.408 e. The number of aliphatic hydroxyl groups is 1. The first-order chi connectivity index (χ1) is 10.0. The van der Waals surface area contributed by atoms with E-state index >= 15 is 0 Å². The summed E-state index contributed by atoms with van der Waals surface area (Å²) in [6, 6.07) is 7.17. The van der Waals surface area contributed by atoms with Crippen molar-refractivity contribution in [1.82, 2.24) is 5.32 Å². The van der Waals surface area contributed by atoms with Gasteiger partial charge in [0.2, 0.25) is 0 Å². The Morgan fingerprint density at radius 2 is 2.05 bits per heavy atom. The van der Waals surface area contributed by atoms with E-state index in [1.165, 1.54) is 0 Å². The summed E-state index contributed by atoms with van der Waals surface area (Å²) in [7, 11) is 0. The third kappa shape index (κ3) is 5.81. The molecule has 0 bridgehead atoms. The van der Waals surface area contributed by atoms with Gasteiger partial charge in [0.25, 0.3) is 0 Å². The summed E-state index contributed by atoms with van der Waals surface area (Å²) in [4.78, 5) is 24.8. The summed E-state index contributed by atoms with van der Waals surface area (Å²) in [5.74, 6) is -1.47. The molecule has 0 radical (unpaired) electrons. The molecule has 0 aliphatic carbocycles. The number of nitrogens with zero attached hydrogens (tertiary/aromatic N) is 3. The lowest BCUT2D eigenvalue weighted by Gasteiger charge is -2.18. The molecule has 1 aromatic rings. The number of ether oxygens (including phenoxy) is 1. The molecule has 0 unspecified atom stereocenters. The first-order valence-corrected chi connectivity index (χ1v) is 5.93. The second-order valence-corrected chi connectivity index (χ2v) is 4.00. The number of hydrogen-bond acceptors (Lipinski definition) is 5. The standard InChI is InChI=1S/C12H14N4O5/c13-16-14-6-9(17)10(11(18)19)15-12(20)21-7-8-4-2-1-3-5-8/h1-5,9-10,17H,6-7H2,(H,15,20)(H,18,19)/t9-,10+/m0/s1. The Labute approximate surface area is 119 Å². The van der Waals surface area contributed by atoms with Crippen LogP contribution >= 0.6 is 0 Å². The zero-order valence-corrected chi connectivity index (χ0v) is 10.9. The second kappa shape index (κ2) is 8.41. The van der Waals surface area contributed by atoms with Crippen molar-refractivity contribution in [3.05, 3.63) is 46.3 Å². The number of rotatable bonds is 7. The number of carbonyl (C=O) groups excluding carboxylic acids is 1. The maximum absolute atomic E-state index is 11.5. The van der Waals surface area contributed by atoms with Crippen LogP contribution < -0.4 is 5.32 Å². The molecule has 9 nitrogen and oxygen atoms in total. The highest BCUT2D eigenvalue weighted by molar-refractivity contribution is 5.80. The van der Waals surface area contributed by atoms with E-state index in [1.807, 2.05) is 5.32 Å². The summed E-state index contributed by atoms with van der Waals surface area (Å²) < 4.78 is 4.84. The Morgan fingerprint density at radius 3 is 2.62 bits per heavy atom. The van der Waals surface area contributed by atoms with Gasteiger partial charge in [0.15, 0.2) is 6.04 Å². The molecule has 21 heavy (non-hydrogen) atoms. The topological polar surface area (TPSA) is 145 Å². The lowest BCUT2D eigenvalue weighted by Crippen LogP contribution is -2.50. The average Bonchev–Trinajstić information content (AvgIpc) is 2.49. The van der Waals surface area contributed by atoms with Crippen molar-refractivity contribution in [2.75, 3.05) is 6.54 Å². The van der Waals surface area contributed by atoms with Gasteiger partial charge in [0, 0.05) is 4.91 Å². The van der Waals surface area contributed by atoms with Crippen LogP contribution in [0, 0.1) is 0 Å². The fraction of sp³-hybridized carbons (Fsp3) is 0.333. The van der Waals surface area contributed by atoms with E-state index in [2.05, 4.69) is 10.0 Å². The van der Waals surface area contributed by atoms with Gasteiger partial charge in [0.1, 0.15) is 6.61 Å². The highest BCUT2D eigenvalue weighted by Gasteiger charge is 2.28. The Bertz CT molecular complexity index is 530. The van der Waals surface area contributed by atoms with Crippen LogP contribution in [0.1, 0.15) is 5.56 Å². The number of alkyl carbamates (subject to hydrolysis) is 1. The fourth-order valence-corrected chi connectivity index (χ4v) is 1.44. The number of carboxylic acid groups (broad SMARTS) is 1. The predicted octanol–water partition coefficient (Wildman–Crippen LogP) is 1.04. The first kappa shape index (κ1) is 16.3. The lowest BCUT2D eigenvalue weighted by molar-refractivity contribution is -0.142. The van der Waals surface area contributed by atoms with Crippen LogP contribution in [0.2, 0.25) is 0 Å². The number of aliphatic carboxylic acids is 1. The quantitative estimate of drug-likeness (QED) is 0.391. The molecule has 1 aromatic carbocycles. The van der Waals surface area contributed by atoms with Gasteiger partial charge in [-0.2, -0.15) is 0 Å². The van der Waals surface area contributed by atoms with Crippen LogP contribution in [0.5, 0.6) is 0 Å². The molecule has 0 aliphatic rings. The molecule has 0 heterocycles. The van der Waals surface area contributed by atoms with Crippen LogP contribution in [0.25, 0.3) is 10.4 Å². The molecule has 0 aromatic heterocycles.